The van der Waals surface area contributed by atoms with Crippen LogP contribution in [-0.4, -0.2) is 34.3 Å². The Labute approximate surface area is 284 Å². The molecule has 6 heteroatoms. The van der Waals surface area contributed by atoms with Gasteiger partial charge >= 0.3 is 0 Å². The Morgan fingerprint density at radius 3 is 2.46 bits per heavy atom. The summed E-state index contributed by atoms with van der Waals surface area (Å²) in [6.45, 7) is 2.42. The molecule has 48 heavy (non-hydrogen) atoms. The van der Waals surface area contributed by atoms with Crippen LogP contribution in [0.25, 0.3) is 10.8 Å². The molecule has 0 amide bonds. The minimum Gasteiger partial charge on any atom is -0.508 e. The number of phenolic OH excluding ortho intramolecular Hbond substituents is 1. The molecule has 1 aliphatic rings. The topological polar surface area (TPSA) is 96.2 Å². The predicted molar refractivity (Wildman–Crippen MR) is 192 cm³/mol. The van der Waals surface area contributed by atoms with Crippen molar-refractivity contribution in [2.45, 2.75) is 77.4 Å². The quantitative estimate of drug-likeness (QED) is 0.0990. The molecule has 252 valence electrons. The van der Waals surface area contributed by atoms with E-state index in [-0.39, 0.29) is 35.5 Å². The standard InChI is InChI=1S/C42H48O6/c1-3-32-23-38(45)24-34-16-13-31(21-40(32)34)28-48-42-22-30(15-20-41(42)47-2)14-18-37(44)27-39(46)26-35-25-36(43)19-17-33(35)12-8-7-11-29-9-5-4-6-10-29/h4-6,9-10,13,15-17,19-25,33,35,39,43,45-46H,3,7-8,11-12,14,18,26-28H2,1-2H3/t33-,35-,39+/m1/s1. The fraction of sp³-hybridized carbons (Fsp3) is 0.357. The Morgan fingerprint density at radius 2 is 1.67 bits per heavy atom. The van der Waals surface area contributed by atoms with Gasteiger partial charge < -0.3 is 24.8 Å². The van der Waals surface area contributed by atoms with Crippen molar-refractivity contribution < 1.29 is 29.6 Å². The summed E-state index contributed by atoms with van der Waals surface area (Å²) in [6, 6.07) is 25.9. The van der Waals surface area contributed by atoms with Crippen molar-refractivity contribution in [3.8, 4) is 17.2 Å². The highest BCUT2D eigenvalue weighted by Gasteiger charge is 2.25. The summed E-state index contributed by atoms with van der Waals surface area (Å²) in [4.78, 5) is 12.9. The van der Waals surface area contributed by atoms with Crippen LogP contribution in [-0.2, 0) is 30.7 Å². The first-order valence-corrected chi connectivity index (χ1v) is 17.2. The van der Waals surface area contributed by atoms with Crippen molar-refractivity contribution >= 4 is 16.6 Å². The van der Waals surface area contributed by atoms with Gasteiger partial charge in [0.1, 0.15) is 23.9 Å². The molecule has 0 fully saturated rings. The summed E-state index contributed by atoms with van der Waals surface area (Å²) in [5.74, 6) is 1.96. The van der Waals surface area contributed by atoms with Crippen LogP contribution in [0.5, 0.6) is 17.2 Å². The molecule has 6 nitrogen and oxygen atoms in total. The van der Waals surface area contributed by atoms with Crippen molar-refractivity contribution in [1.29, 1.82) is 0 Å². The van der Waals surface area contributed by atoms with Gasteiger partial charge in [-0.25, -0.2) is 0 Å². The summed E-state index contributed by atoms with van der Waals surface area (Å²) in [7, 11) is 1.61. The van der Waals surface area contributed by atoms with Crippen molar-refractivity contribution in [1.82, 2.24) is 0 Å². The van der Waals surface area contributed by atoms with Crippen LogP contribution in [0.2, 0.25) is 0 Å². The molecule has 0 aromatic heterocycles. The lowest BCUT2D eigenvalue weighted by molar-refractivity contribution is -0.121. The number of aliphatic hydroxyl groups excluding tert-OH is 2. The van der Waals surface area contributed by atoms with E-state index in [9.17, 15) is 20.1 Å². The number of hydrogen-bond acceptors (Lipinski definition) is 6. The highest BCUT2D eigenvalue weighted by Crippen LogP contribution is 2.33. The maximum absolute atomic E-state index is 12.9. The number of ketones is 1. The summed E-state index contributed by atoms with van der Waals surface area (Å²) in [6.07, 6.45) is 11.2. The second-order valence-corrected chi connectivity index (χ2v) is 12.9. The molecule has 3 N–H and O–H groups in total. The van der Waals surface area contributed by atoms with Crippen LogP contribution in [0.1, 0.15) is 67.7 Å². The maximum Gasteiger partial charge on any atom is 0.161 e. The highest BCUT2D eigenvalue weighted by atomic mass is 16.5. The third kappa shape index (κ3) is 9.74. The molecule has 1 aliphatic carbocycles. The van der Waals surface area contributed by atoms with Crippen molar-refractivity contribution in [3.63, 3.8) is 0 Å². The van der Waals surface area contributed by atoms with E-state index in [4.69, 9.17) is 9.47 Å². The lowest BCUT2D eigenvalue weighted by Crippen LogP contribution is -2.23. The van der Waals surface area contributed by atoms with Crippen LogP contribution in [0.3, 0.4) is 0 Å². The first kappa shape index (κ1) is 34.8. The van der Waals surface area contributed by atoms with Gasteiger partial charge in [0.15, 0.2) is 11.5 Å². The highest BCUT2D eigenvalue weighted by molar-refractivity contribution is 5.87. The number of unbranched alkanes of at least 4 members (excludes halogenated alkanes) is 1. The Balaban J connectivity index is 1.11. The number of fused-ring (bicyclic) bond motifs is 1. The second kappa shape index (κ2) is 17.0. The molecule has 0 radical (unpaired) electrons. The summed E-state index contributed by atoms with van der Waals surface area (Å²) in [5, 5.41) is 33.2. The molecule has 0 unspecified atom stereocenters. The fourth-order valence-electron chi connectivity index (χ4n) is 6.71. The number of carbonyl (C=O) groups is 1. The number of aryl methyl sites for hydroxylation is 3. The van der Waals surface area contributed by atoms with Gasteiger partial charge in [-0.3, -0.25) is 4.79 Å². The number of aliphatic hydroxyl groups is 2. The van der Waals surface area contributed by atoms with E-state index in [0.29, 0.717) is 37.4 Å². The number of Topliss-reactive ketones (excluding diaryl/α,β-unsaturated/α-hetero) is 1. The average molecular weight is 649 g/mol. The van der Waals surface area contributed by atoms with Crippen LogP contribution >= 0.6 is 0 Å². The molecule has 0 aliphatic heterocycles. The number of allylic oxidation sites excluding steroid dienone is 3. The number of methoxy groups -OCH3 is 1. The Kier molecular flexibility index (Phi) is 12.3. The first-order valence-electron chi connectivity index (χ1n) is 17.2. The van der Waals surface area contributed by atoms with Crippen LogP contribution in [0.15, 0.2) is 103 Å². The van der Waals surface area contributed by atoms with Crippen molar-refractivity contribution in [3.05, 3.63) is 125 Å². The maximum atomic E-state index is 12.9. The minimum atomic E-state index is -0.765. The van der Waals surface area contributed by atoms with Crippen LogP contribution in [0, 0.1) is 11.8 Å². The molecule has 0 saturated carbocycles. The van der Waals surface area contributed by atoms with E-state index in [1.54, 1.807) is 25.3 Å². The largest absolute Gasteiger partial charge is 0.508 e. The van der Waals surface area contributed by atoms with Gasteiger partial charge in [0.25, 0.3) is 0 Å². The van der Waals surface area contributed by atoms with Crippen LogP contribution < -0.4 is 9.47 Å². The van der Waals surface area contributed by atoms with E-state index in [0.717, 1.165) is 59.6 Å². The zero-order chi connectivity index (χ0) is 33.9. The number of carbonyl (C=O) groups excluding carboxylic acids is 1. The molecule has 0 heterocycles. The lowest BCUT2D eigenvalue weighted by Gasteiger charge is -2.27. The van der Waals surface area contributed by atoms with E-state index in [2.05, 4.69) is 43.3 Å². The van der Waals surface area contributed by atoms with Gasteiger partial charge in [-0.15, -0.1) is 0 Å². The Hall–Kier alpha value is -4.55. The Bertz CT molecular complexity index is 1720. The molecule has 5 rings (SSSR count). The summed E-state index contributed by atoms with van der Waals surface area (Å²) >= 11 is 0. The van der Waals surface area contributed by atoms with Crippen molar-refractivity contribution in [2.24, 2.45) is 11.8 Å². The molecule has 4 aromatic carbocycles. The molecule has 4 aromatic rings. The number of phenols is 1. The average Bonchev–Trinajstić information content (AvgIpc) is 3.09. The lowest BCUT2D eigenvalue weighted by atomic mass is 9.80. The SMILES string of the molecule is CCc1cc(O)cc2ccc(COc3cc(CCC(=O)C[C@@H](O)C[C@H]4C=C(O)C=C[C@H]4CCCCc4ccccc4)ccc3OC)cc12. The van der Waals surface area contributed by atoms with Gasteiger partial charge in [0.05, 0.1) is 13.2 Å². The van der Waals surface area contributed by atoms with E-state index < -0.39 is 6.10 Å². The minimum absolute atomic E-state index is 0.000801. The van der Waals surface area contributed by atoms with Gasteiger partial charge in [-0.2, -0.15) is 0 Å². The molecular weight excluding hydrogens is 600 g/mol. The van der Waals surface area contributed by atoms with Gasteiger partial charge in [-0.05, 0) is 126 Å². The number of aromatic hydroxyl groups is 1. The van der Waals surface area contributed by atoms with Crippen LogP contribution in [0.4, 0.5) is 0 Å². The van der Waals surface area contributed by atoms with Gasteiger partial charge in [-0.1, -0.05) is 68.0 Å². The second-order valence-electron chi connectivity index (χ2n) is 12.9. The zero-order valence-corrected chi connectivity index (χ0v) is 28.1. The van der Waals surface area contributed by atoms with E-state index in [1.165, 1.54) is 5.56 Å². The Morgan fingerprint density at radius 1 is 0.854 bits per heavy atom. The predicted octanol–water partition coefficient (Wildman–Crippen LogP) is 9.00. The number of ether oxygens (including phenoxy) is 2. The smallest absolute Gasteiger partial charge is 0.161 e. The monoisotopic (exact) mass is 648 g/mol. The number of hydrogen-bond donors (Lipinski definition) is 3. The number of benzene rings is 4. The fourth-order valence-corrected chi connectivity index (χ4v) is 6.71. The van der Waals surface area contributed by atoms with E-state index >= 15 is 0 Å². The van der Waals surface area contributed by atoms with Gasteiger partial charge in [0, 0.05) is 12.8 Å². The molecule has 0 spiro atoms. The van der Waals surface area contributed by atoms with E-state index in [1.807, 2.05) is 42.5 Å². The molecular formula is C42H48O6. The third-order valence-corrected chi connectivity index (χ3v) is 9.34. The normalized spacial score (nSPS) is 16.4. The zero-order valence-electron chi connectivity index (χ0n) is 28.1. The third-order valence-electron chi connectivity index (χ3n) is 9.34. The van der Waals surface area contributed by atoms with Gasteiger partial charge in [0.2, 0.25) is 0 Å². The summed E-state index contributed by atoms with van der Waals surface area (Å²) < 4.78 is 11.7. The number of rotatable bonds is 17. The molecule has 0 saturated heterocycles. The first-order chi connectivity index (χ1) is 23.3. The molecule has 3 atom stereocenters. The van der Waals surface area contributed by atoms with Crippen molar-refractivity contribution in [2.75, 3.05) is 7.11 Å². The summed E-state index contributed by atoms with van der Waals surface area (Å²) in [5.41, 5.74) is 4.38. The molecule has 0 bridgehead atoms.